The summed E-state index contributed by atoms with van der Waals surface area (Å²) >= 11 is 6.14. The van der Waals surface area contributed by atoms with E-state index in [0.717, 1.165) is 16.9 Å². The molecule has 0 N–H and O–H groups in total. The molecule has 1 heterocycles. The van der Waals surface area contributed by atoms with E-state index in [1.54, 1.807) is 6.08 Å². The van der Waals surface area contributed by atoms with Crippen molar-refractivity contribution in [2.75, 3.05) is 11.9 Å². The first-order valence-corrected chi connectivity index (χ1v) is 8.14. The molecule has 3 rings (SSSR count). The topological polar surface area (TPSA) is 63.4 Å². The number of benzene rings is 1. The summed E-state index contributed by atoms with van der Waals surface area (Å²) in [5, 5.41) is 11.6. The fraction of sp³-hybridized carbons (Fsp3) is 0.211. The smallest absolute Gasteiger partial charge is 0.270 e. The molecule has 0 fully saturated rings. The quantitative estimate of drug-likeness (QED) is 0.453. The number of carbonyl (C=O) groups excluding carboxylic acids is 1. The third-order valence-electron chi connectivity index (χ3n) is 4.62. The van der Waals surface area contributed by atoms with Crippen LogP contribution < -0.4 is 4.90 Å². The molecule has 0 unspecified atom stereocenters. The van der Waals surface area contributed by atoms with E-state index in [2.05, 4.69) is 13.8 Å². The first-order valence-electron chi connectivity index (χ1n) is 7.76. The lowest BCUT2D eigenvalue weighted by Crippen LogP contribution is -2.22. The second-order valence-electron chi connectivity index (χ2n) is 6.54. The summed E-state index contributed by atoms with van der Waals surface area (Å²) in [4.78, 5) is 24.4. The predicted molar refractivity (Wildman–Crippen MR) is 98.3 cm³/mol. The van der Waals surface area contributed by atoms with Gasteiger partial charge in [0.25, 0.3) is 5.70 Å². The summed E-state index contributed by atoms with van der Waals surface area (Å²) in [6.07, 6.45) is 7.22. The Labute approximate surface area is 150 Å². The summed E-state index contributed by atoms with van der Waals surface area (Å²) in [6.45, 7) is 4.16. The van der Waals surface area contributed by atoms with Crippen LogP contribution in [0.15, 0.2) is 65.5 Å². The van der Waals surface area contributed by atoms with Crippen LogP contribution in [-0.2, 0) is 10.2 Å². The van der Waals surface area contributed by atoms with Gasteiger partial charge in [-0.15, -0.1) is 0 Å². The van der Waals surface area contributed by atoms with Crippen molar-refractivity contribution in [2.24, 2.45) is 0 Å². The zero-order valence-electron chi connectivity index (χ0n) is 14.1. The van der Waals surface area contributed by atoms with Gasteiger partial charge >= 0.3 is 0 Å². The molecule has 0 atom stereocenters. The highest BCUT2D eigenvalue weighted by atomic mass is 35.5. The molecular weight excluding hydrogens is 340 g/mol. The molecule has 0 aromatic heterocycles. The van der Waals surface area contributed by atoms with Crippen molar-refractivity contribution in [3.63, 3.8) is 0 Å². The number of hydrogen-bond acceptors (Lipinski definition) is 4. The number of halogens is 1. The summed E-state index contributed by atoms with van der Waals surface area (Å²) in [5.41, 5.74) is 3.03. The minimum Gasteiger partial charge on any atom is -0.347 e. The minimum atomic E-state index is -0.507. The molecule has 0 bridgehead atoms. The number of nitro groups is 1. The maximum absolute atomic E-state index is 12.0. The Kier molecular flexibility index (Phi) is 4.13. The lowest BCUT2D eigenvalue weighted by molar-refractivity contribution is -0.419. The molecule has 0 saturated heterocycles. The van der Waals surface area contributed by atoms with Crippen LogP contribution >= 0.6 is 11.6 Å². The van der Waals surface area contributed by atoms with Gasteiger partial charge in [-0.1, -0.05) is 25.4 Å². The van der Waals surface area contributed by atoms with Crippen LogP contribution in [0.2, 0.25) is 5.02 Å². The van der Waals surface area contributed by atoms with E-state index in [4.69, 9.17) is 11.6 Å². The average molecular weight is 357 g/mol. The van der Waals surface area contributed by atoms with Gasteiger partial charge in [-0.25, -0.2) is 0 Å². The summed E-state index contributed by atoms with van der Waals surface area (Å²) in [5.74, 6) is -0.249. The minimum absolute atomic E-state index is 0.0987. The molecule has 1 aromatic carbocycles. The highest BCUT2D eigenvalue weighted by Gasteiger charge is 2.38. The molecule has 2 aliphatic rings. The van der Waals surface area contributed by atoms with Gasteiger partial charge in [-0.05, 0) is 42.0 Å². The normalized spacial score (nSPS) is 21.7. The monoisotopic (exact) mass is 356 g/mol. The average Bonchev–Trinajstić information content (AvgIpc) is 2.73. The van der Waals surface area contributed by atoms with E-state index in [-0.39, 0.29) is 16.9 Å². The number of nitrogens with zero attached hydrogens (tertiary/aromatic N) is 2. The van der Waals surface area contributed by atoms with Gasteiger partial charge in [-0.2, -0.15) is 0 Å². The van der Waals surface area contributed by atoms with Crippen molar-refractivity contribution in [2.45, 2.75) is 19.3 Å². The van der Waals surface area contributed by atoms with Gasteiger partial charge in [0.2, 0.25) is 0 Å². The molecule has 1 aromatic rings. The fourth-order valence-electron chi connectivity index (χ4n) is 3.26. The van der Waals surface area contributed by atoms with Crippen LogP contribution in [0, 0.1) is 10.1 Å². The number of allylic oxidation sites excluding steroid dienone is 7. The zero-order valence-corrected chi connectivity index (χ0v) is 14.9. The summed E-state index contributed by atoms with van der Waals surface area (Å²) in [7, 11) is 1.95. The Morgan fingerprint density at radius 3 is 2.64 bits per heavy atom. The van der Waals surface area contributed by atoms with E-state index >= 15 is 0 Å². The SMILES string of the molecule is CN1/C(=C\C=C2\C=C([N+](=O)[O-])C=CC2=O)C(C)(C)c2cc(Cl)ccc21. The number of hydrogen-bond donors (Lipinski definition) is 0. The lowest BCUT2D eigenvalue weighted by atomic mass is 9.83. The van der Waals surface area contributed by atoms with Crippen LogP contribution in [0.4, 0.5) is 5.69 Å². The highest BCUT2D eigenvalue weighted by molar-refractivity contribution is 6.30. The van der Waals surface area contributed by atoms with Gasteiger partial charge in [0.15, 0.2) is 5.78 Å². The van der Waals surface area contributed by atoms with Gasteiger partial charge in [-0.3, -0.25) is 14.9 Å². The van der Waals surface area contributed by atoms with Crippen molar-refractivity contribution >= 4 is 23.1 Å². The molecule has 0 amide bonds. The lowest BCUT2D eigenvalue weighted by Gasteiger charge is -2.23. The number of fused-ring (bicyclic) bond motifs is 1. The first kappa shape index (κ1) is 17.2. The molecule has 25 heavy (non-hydrogen) atoms. The molecule has 1 aliphatic carbocycles. The Bertz CT molecular complexity index is 907. The van der Waals surface area contributed by atoms with Gasteiger partial charge in [0.05, 0.1) is 4.92 Å². The largest absolute Gasteiger partial charge is 0.347 e. The van der Waals surface area contributed by atoms with Crippen LogP contribution in [0.3, 0.4) is 0 Å². The number of anilines is 1. The highest BCUT2D eigenvalue weighted by Crippen LogP contribution is 2.47. The molecule has 6 heteroatoms. The van der Waals surface area contributed by atoms with E-state index in [9.17, 15) is 14.9 Å². The van der Waals surface area contributed by atoms with Crippen LogP contribution in [-0.4, -0.2) is 17.8 Å². The number of carbonyl (C=O) groups is 1. The van der Waals surface area contributed by atoms with E-state index in [1.807, 2.05) is 36.2 Å². The van der Waals surface area contributed by atoms with Crippen LogP contribution in [0.25, 0.3) is 0 Å². The standard InChI is InChI=1S/C19H17ClN2O3/c1-19(2)15-11-13(20)5-7-16(15)21(3)18(19)9-4-12-10-14(22(24)25)6-8-17(12)23/h4-11H,1-3H3/b12-4-,18-9-. The maximum atomic E-state index is 12.0. The van der Waals surface area contributed by atoms with E-state index in [0.29, 0.717) is 10.6 Å². The second-order valence-corrected chi connectivity index (χ2v) is 6.98. The Morgan fingerprint density at radius 2 is 1.96 bits per heavy atom. The van der Waals surface area contributed by atoms with Crippen molar-refractivity contribution < 1.29 is 9.72 Å². The molecular formula is C19H17ClN2O3. The molecule has 0 spiro atoms. The molecule has 1 aliphatic heterocycles. The van der Waals surface area contributed by atoms with Gasteiger partial charge in [0, 0.05) is 46.6 Å². The third kappa shape index (κ3) is 2.91. The molecule has 0 saturated carbocycles. The second kappa shape index (κ2) is 6.01. The summed E-state index contributed by atoms with van der Waals surface area (Å²) in [6, 6.07) is 5.75. The maximum Gasteiger partial charge on any atom is 0.270 e. The van der Waals surface area contributed by atoms with Crippen molar-refractivity contribution in [3.05, 3.63) is 86.2 Å². The van der Waals surface area contributed by atoms with Crippen LogP contribution in [0.5, 0.6) is 0 Å². The van der Waals surface area contributed by atoms with Gasteiger partial charge in [0.1, 0.15) is 0 Å². The molecule has 5 nitrogen and oxygen atoms in total. The predicted octanol–water partition coefficient (Wildman–Crippen LogP) is 4.18. The summed E-state index contributed by atoms with van der Waals surface area (Å²) < 4.78 is 0. The number of ketones is 1. The molecule has 0 radical (unpaired) electrons. The fourth-order valence-corrected chi connectivity index (χ4v) is 3.43. The Morgan fingerprint density at radius 1 is 1.24 bits per heavy atom. The van der Waals surface area contributed by atoms with Crippen molar-refractivity contribution in [1.29, 1.82) is 0 Å². The Hall–Kier alpha value is -2.66. The van der Waals surface area contributed by atoms with Gasteiger partial charge < -0.3 is 4.90 Å². The van der Waals surface area contributed by atoms with Crippen molar-refractivity contribution in [3.8, 4) is 0 Å². The number of rotatable bonds is 2. The van der Waals surface area contributed by atoms with Crippen LogP contribution in [0.1, 0.15) is 19.4 Å². The first-order chi connectivity index (χ1) is 11.7. The van der Waals surface area contributed by atoms with Crippen molar-refractivity contribution in [1.82, 2.24) is 0 Å². The number of likely N-dealkylation sites (N-methyl/N-ethyl adjacent to an activating group) is 1. The van der Waals surface area contributed by atoms with E-state index in [1.165, 1.54) is 18.2 Å². The van der Waals surface area contributed by atoms with E-state index < -0.39 is 4.92 Å². The molecule has 128 valence electrons. The third-order valence-corrected chi connectivity index (χ3v) is 4.86. The zero-order chi connectivity index (χ0) is 18.4. The Balaban J connectivity index is 2.04.